The summed E-state index contributed by atoms with van der Waals surface area (Å²) in [6, 6.07) is 9.20. The van der Waals surface area contributed by atoms with E-state index in [-0.39, 0.29) is 23.8 Å². The van der Waals surface area contributed by atoms with Gasteiger partial charge in [0.1, 0.15) is 11.6 Å². The number of amidine groups is 1. The lowest BCUT2D eigenvalue weighted by molar-refractivity contribution is 0.318. The molecule has 0 amide bonds. The van der Waals surface area contributed by atoms with Crippen molar-refractivity contribution in [2.75, 3.05) is 5.32 Å². The molecule has 0 aromatic heterocycles. The number of oxime groups is 1. The van der Waals surface area contributed by atoms with E-state index < -0.39 is 5.82 Å². The minimum Gasteiger partial charge on any atom is -0.409 e. The van der Waals surface area contributed by atoms with Gasteiger partial charge < -0.3 is 16.3 Å². The van der Waals surface area contributed by atoms with E-state index in [1.807, 2.05) is 0 Å². The van der Waals surface area contributed by atoms with Crippen LogP contribution in [0.25, 0.3) is 0 Å². The highest BCUT2D eigenvalue weighted by atomic mass is 19.1. The van der Waals surface area contributed by atoms with Crippen molar-refractivity contribution in [2.24, 2.45) is 10.9 Å². The van der Waals surface area contributed by atoms with Crippen LogP contribution < -0.4 is 11.1 Å². The first kappa shape index (κ1) is 14.8. The predicted molar refractivity (Wildman–Crippen MR) is 77.4 cm³/mol. The lowest BCUT2D eigenvalue weighted by Gasteiger charge is -2.10. The molecule has 4 nitrogen and oxygen atoms in total. The first-order valence-electron chi connectivity index (χ1n) is 6.28. The highest BCUT2D eigenvalue weighted by molar-refractivity contribution is 5.97. The fourth-order valence-corrected chi connectivity index (χ4v) is 1.92. The number of hydrogen-bond donors (Lipinski definition) is 3. The second kappa shape index (κ2) is 6.21. The molecular formula is C15H15F2N3O. The van der Waals surface area contributed by atoms with Crippen molar-refractivity contribution in [3.05, 3.63) is 64.7 Å². The van der Waals surface area contributed by atoms with Crippen molar-refractivity contribution in [1.29, 1.82) is 0 Å². The van der Waals surface area contributed by atoms with Crippen LogP contribution in [0.3, 0.4) is 0 Å². The van der Waals surface area contributed by atoms with Gasteiger partial charge in [-0.3, -0.25) is 0 Å². The fraction of sp³-hybridized carbons (Fsp3) is 0.133. The van der Waals surface area contributed by atoms with E-state index in [2.05, 4.69) is 10.5 Å². The molecule has 0 bridgehead atoms. The maximum atomic E-state index is 14.2. The van der Waals surface area contributed by atoms with Gasteiger partial charge in [0.15, 0.2) is 5.84 Å². The number of halogens is 2. The Morgan fingerprint density at radius 3 is 2.71 bits per heavy atom. The summed E-state index contributed by atoms with van der Waals surface area (Å²) in [5.41, 5.74) is 6.99. The molecule has 2 rings (SSSR count). The van der Waals surface area contributed by atoms with Crippen LogP contribution in [-0.4, -0.2) is 11.0 Å². The van der Waals surface area contributed by atoms with Crippen LogP contribution in [0.4, 0.5) is 14.5 Å². The van der Waals surface area contributed by atoms with Crippen molar-refractivity contribution in [3.8, 4) is 0 Å². The van der Waals surface area contributed by atoms with Crippen LogP contribution in [-0.2, 0) is 6.54 Å². The number of rotatable bonds is 4. The van der Waals surface area contributed by atoms with Gasteiger partial charge in [0.25, 0.3) is 0 Å². The van der Waals surface area contributed by atoms with Crippen molar-refractivity contribution < 1.29 is 14.0 Å². The maximum Gasteiger partial charge on any atom is 0.173 e. The van der Waals surface area contributed by atoms with Crippen LogP contribution in [0.2, 0.25) is 0 Å². The molecule has 0 fully saturated rings. The smallest absolute Gasteiger partial charge is 0.173 e. The predicted octanol–water partition coefficient (Wildman–Crippen LogP) is 2.98. The van der Waals surface area contributed by atoms with Crippen LogP contribution in [0.5, 0.6) is 0 Å². The summed E-state index contributed by atoms with van der Waals surface area (Å²) in [4.78, 5) is 0. The van der Waals surface area contributed by atoms with E-state index in [1.165, 1.54) is 12.1 Å². The van der Waals surface area contributed by atoms with E-state index in [1.54, 1.807) is 31.2 Å². The summed E-state index contributed by atoms with van der Waals surface area (Å²) in [6.07, 6.45) is 0. The third kappa shape index (κ3) is 3.28. The molecule has 0 heterocycles. The Balaban J connectivity index is 2.18. The molecule has 0 aliphatic heterocycles. The molecule has 0 saturated heterocycles. The molecule has 0 spiro atoms. The molecule has 6 heteroatoms. The van der Waals surface area contributed by atoms with Crippen molar-refractivity contribution in [1.82, 2.24) is 0 Å². The molecule has 4 N–H and O–H groups in total. The Kier molecular flexibility index (Phi) is 4.37. The molecule has 0 saturated carbocycles. The van der Waals surface area contributed by atoms with Gasteiger partial charge in [0.2, 0.25) is 0 Å². The molecule has 0 aliphatic carbocycles. The molecule has 0 atom stereocenters. The van der Waals surface area contributed by atoms with Crippen molar-refractivity contribution >= 4 is 11.5 Å². The quantitative estimate of drug-likeness (QED) is 0.351. The molecule has 110 valence electrons. The summed E-state index contributed by atoms with van der Waals surface area (Å²) < 4.78 is 27.4. The first-order chi connectivity index (χ1) is 10.0. The lowest BCUT2D eigenvalue weighted by atomic mass is 10.1. The number of aryl methyl sites for hydroxylation is 1. The highest BCUT2D eigenvalue weighted by Gasteiger charge is 2.11. The van der Waals surface area contributed by atoms with Crippen molar-refractivity contribution in [3.63, 3.8) is 0 Å². The van der Waals surface area contributed by atoms with E-state index >= 15 is 0 Å². The second-order valence-electron chi connectivity index (χ2n) is 4.58. The van der Waals surface area contributed by atoms with Gasteiger partial charge in [-0.1, -0.05) is 17.3 Å². The van der Waals surface area contributed by atoms with Gasteiger partial charge in [-0.15, -0.1) is 0 Å². The van der Waals surface area contributed by atoms with Crippen molar-refractivity contribution in [2.45, 2.75) is 13.5 Å². The third-order valence-corrected chi connectivity index (χ3v) is 3.10. The number of nitrogens with two attached hydrogens (primary N) is 1. The minimum atomic E-state index is -0.556. The van der Waals surface area contributed by atoms with Gasteiger partial charge in [0, 0.05) is 17.8 Å². The molecule has 0 unspecified atom stereocenters. The summed E-state index contributed by atoms with van der Waals surface area (Å²) >= 11 is 0. The zero-order valence-electron chi connectivity index (χ0n) is 11.4. The molecule has 21 heavy (non-hydrogen) atoms. The molecule has 2 aromatic carbocycles. The lowest BCUT2D eigenvalue weighted by Crippen LogP contribution is -2.16. The van der Waals surface area contributed by atoms with Crippen LogP contribution in [0.15, 0.2) is 41.6 Å². The van der Waals surface area contributed by atoms with Gasteiger partial charge >= 0.3 is 0 Å². The SMILES string of the molecule is Cc1cc(NCc2cccc(/C(N)=N/O)c2F)ccc1F. The monoisotopic (exact) mass is 291 g/mol. The fourth-order valence-electron chi connectivity index (χ4n) is 1.92. The average Bonchev–Trinajstić information content (AvgIpc) is 2.49. The van der Waals surface area contributed by atoms with E-state index in [0.717, 1.165) is 0 Å². The molecule has 0 aliphatic rings. The Morgan fingerprint density at radius 2 is 2.05 bits per heavy atom. The maximum absolute atomic E-state index is 14.2. The summed E-state index contributed by atoms with van der Waals surface area (Å²) in [5.74, 6) is -1.13. The largest absolute Gasteiger partial charge is 0.409 e. The molecule has 2 aromatic rings. The van der Waals surface area contributed by atoms with Crippen LogP contribution >= 0.6 is 0 Å². The van der Waals surface area contributed by atoms with Crippen LogP contribution in [0.1, 0.15) is 16.7 Å². The van der Waals surface area contributed by atoms with E-state index in [9.17, 15) is 8.78 Å². The van der Waals surface area contributed by atoms with Gasteiger partial charge in [-0.25, -0.2) is 8.78 Å². The van der Waals surface area contributed by atoms with E-state index in [4.69, 9.17) is 10.9 Å². The number of nitrogens with zero attached hydrogens (tertiary/aromatic N) is 1. The summed E-state index contributed by atoms with van der Waals surface area (Å²) in [7, 11) is 0. The van der Waals surface area contributed by atoms with Crippen LogP contribution in [0, 0.1) is 18.6 Å². The Hall–Kier alpha value is -2.63. The van der Waals surface area contributed by atoms with E-state index in [0.29, 0.717) is 16.8 Å². The Morgan fingerprint density at radius 1 is 1.29 bits per heavy atom. The average molecular weight is 291 g/mol. The third-order valence-electron chi connectivity index (χ3n) is 3.10. The highest BCUT2D eigenvalue weighted by Crippen LogP contribution is 2.17. The number of anilines is 1. The summed E-state index contributed by atoms with van der Waals surface area (Å²) in [6.45, 7) is 1.85. The zero-order valence-corrected chi connectivity index (χ0v) is 11.4. The number of nitrogens with one attached hydrogen (secondary N) is 1. The van der Waals surface area contributed by atoms with Gasteiger partial charge in [-0.2, -0.15) is 0 Å². The topological polar surface area (TPSA) is 70.6 Å². The van der Waals surface area contributed by atoms with Gasteiger partial charge in [0.05, 0.1) is 5.56 Å². The molecular weight excluding hydrogens is 276 g/mol. The normalized spacial score (nSPS) is 11.5. The summed E-state index contributed by atoms with van der Waals surface area (Å²) in [5, 5.41) is 14.4. The minimum absolute atomic E-state index is 0.0343. The Labute approximate surface area is 120 Å². The first-order valence-corrected chi connectivity index (χ1v) is 6.28. The second-order valence-corrected chi connectivity index (χ2v) is 4.58. The molecule has 0 radical (unpaired) electrons. The standard InChI is InChI=1S/C15H15F2N3O/c1-9-7-11(5-6-13(9)16)19-8-10-3-2-4-12(14(10)17)15(18)20-21/h2-7,19,21H,8H2,1H3,(H2,18,20). The van der Waals surface area contributed by atoms with Gasteiger partial charge in [-0.05, 0) is 36.8 Å². The number of hydrogen-bond acceptors (Lipinski definition) is 3. The zero-order chi connectivity index (χ0) is 15.4. The number of benzene rings is 2. The Bertz CT molecular complexity index is 687.